The Labute approximate surface area is 121 Å². The maximum absolute atomic E-state index is 11.9. The summed E-state index contributed by atoms with van der Waals surface area (Å²) < 4.78 is 9.53. The lowest BCUT2D eigenvalue weighted by Crippen LogP contribution is -2.06. The summed E-state index contributed by atoms with van der Waals surface area (Å²) in [6.07, 6.45) is 0.303. The summed E-state index contributed by atoms with van der Waals surface area (Å²) in [5, 5.41) is 0.410. The Balaban J connectivity index is 2.45. The van der Waals surface area contributed by atoms with E-state index in [1.165, 1.54) is 26.0 Å². The van der Waals surface area contributed by atoms with Crippen LogP contribution in [-0.2, 0) is 9.53 Å². The molecule has 0 fully saturated rings. The topological polar surface area (TPSA) is 52.6 Å². The lowest BCUT2D eigenvalue weighted by atomic mass is 10.1. The molecule has 0 saturated carbocycles. The van der Waals surface area contributed by atoms with Crippen LogP contribution in [0.1, 0.15) is 16.8 Å². The minimum atomic E-state index is -0.271. The molecule has 0 aromatic heterocycles. The first-order valence-corrected chi connectivity index (χ1v) is 7.13. The maximum Gasteiger partial charge on any atom is 0.306 e. The van der Waals surface area contributed by atoms with Crippen molar-refractivity contribution >= 4 is 35.1 Å². The predicted molar refractivity (Wildman–Crippen MR) is 76.3 cm³/mol. The van der Waals surface area contributed by atoms with Gasteiger partial charge in [0.1, 0.15) is 5.75 Å². The van der Waals surface area contributed by atoms with E-state index in [0.717, 1.165) is 0 Å². The summed E-state index contributed by atoms with van der Waals surface area (Å²) in [7, 11) is 2.86. The van der Waals surface area contributed by atoms with E-state index in [-0.39, 0.29) is 11.8 Å². The molecule has 1 aromatic carbocycles. The third-order valence-electron chi connectivity index (χ3n) is 2.39. The van der Waals surface area contributed by atoms with Crippen molar-refractivity contribution in [2.75, 3.05) is 25.7 Å². The number of methoxy groups -OCH3 is 2. The monoisotopic (exact) mass is 302 g/mol. The lowest BCUT2D eigenvalue weighted by molar-refractivity contribution is -0.140. The van der Waals surface area contributed by atoms with Crippen LogP contribution in [0.25, 0.3) is 0 Å². The highest BCUT2D eigenvalue weighted by atomic mass is 35.5. The zero-order valence-electron chi connectivity index (χ0n) is 10.8. The smallest absolute Gasteiger partial charge is 0.306 e. The van der Waals surface area contributed by atoms with E-state index in [0.29, 0.717) is 34.3 Å². The number of hydrogen-bond acceptors (Lipinski definition) is 5. The maximum atomic E-state index is 11.9. The number of Topliss-reactive ketones (excluding diaryl/α,β-unsaturated/α-hetero) is 1. The molecule has 0 saturated heterocycles. The van der Waals surface area contributed by atoms with E-state index in [1.54, 1.807) is 18.2 Å². The highest BCUT2D eigenvalue weighted by Gasteiger charge is 2.10. The van der Waals surface area contributed by atoms with Crippen molar-refractivity contribution in [1.29, 1.82) is 0 Å². The quantitative estimate of drug-likeness (QED) is 0.440. The molecule has 0 N–H and O–H groups in total. The summed E-state index contributed by atoms with van der Waals surface area (Å²) in [5.41, 5.74) is 0.538. The van der Waals surface area contributed by atoms with Crippen molar-refractivity contribution < 1.29 is 19.1 Å². The van der Waals surface area contributed by atoms with Gasteiger partial charge in [-0.25, -0.2) is 0 Å². The van der Waals surface area contributed by atoms with Gasteiger partial charge in [0.25, 0.3) is 0 Å². The van der Waals surface area contributed by atoms with Gasteiger partial charge in [0.05, 0.1) is 31.4 Å². The molecule has 1 rings (SSSR count). The van der Waals surface area contributed by atoms with Crippen molar-refractivity contribution in [2.24, 2.45) is 0 Å². The molecule has 0 atom stereocenters. The van der Waals surface area contributed by atoms with E-state index < -0.39 is 0 Å². The van der Waals surface area contributed by atoms with Gasteiger partial charge in [-0.2, -0.15) is 11.8 Å². The number of halogens is 1. The molecule has 6 heteroatoms. The Morgan fingerprint density at radius 2 is 2.05 bits per heavy atom. The Morgan fingerprint density at radius 3 is 2.63 bits per heavy atom. The van der Waals surface area contributed by atoms with Gasteiger partial charge in [0.2, 0.25) is 0 Å². The van der Waals surface area contributed by atoms with E-state index in [1.807, 2.05) is 0 Å². The van der Waals surface area contributed by atoms with Gasteiger partial charge in [-0.05, 0) is 18.2 Å². The summed E-state index contributed by atoms with van der Waals surface area (Å²) in [5.74, 6) is 1.10. The number of carbonyl (C=O) groups is 2. The number of thioether (sulfide) groups is 1. The number of ether oxygens (including phenoxy) is 2. The fraction of sp³-hybridized carbons (Fsp3) is 0.385. The number of benzene rings is 1. The number of rotatable bonds is 7. The van der Waals surface area contributed by atoms with E-state index >= 15 is 0 Å². The lowest BCUT2D eigenvalue weighted by Gasteiger charge is -2.05. The second-order valence-electron chi connectivity index (χ2n) is 3.65. The summed E-state index contributed by atoms with van der Waals surface area (Å²) in [4.78, 5) is 22.8. The fourth-order valence-corrected chi connectivity index (χ4v) is 2.41. The van der Waals surface area contributed by atoms with Gasteiger partial charge in [0, 0.05) is 11.3 Å². The minimum Gasteiger partial charge on any atom is -0.495 e. The van der Waals surface area contributed by atoms with Crippen LogP contribution in [-0.4, -0.2) is 37.5 Å². The van der Waals surface area contributed by atoms with Crippen molar-refractivity contribution in [3.63, 3.8) is 0 Å². The van der Waals surface area contributed by atoms with Gasteiger partial charge >= 0.3 is 5.97 Å². The van der Waals surface area contributed by atoms with Crippen LogP contribution in [0, 0.1) is 0 Å². The molecule has 0 amide bonds. The third kappa shape index (κ3) is 5.12. The first-order valence-electron chi connectivity index (χ1n) is 5.59. The zero-order chi connectivity index (χ0) is 14.3. The first kappa shape index (κ1) is 15.9. The molecule has 4 nitrogen and oxygen atoms in total. The molecule has 0 heterocycles. The van der Waals surface area contributed by atoms with Crippen molar-refractivity contribution in [1.82, 2.24) is 0 Å². The number of carbonyl (C=O) groups excluding carboxylic acids is 2. The Kier molecular flexibility index (Phi) is 6.73. The van der Waals surface area contributed by atoms with E-state index in [9.17, 15) is 9.59 Å². The molecular formula is C13H15ClO4S. The van der Waals surface area contributed by atoms with Gasteiger partial charge in [-0.1, -0.05) is 11.6 Å². The highest BCUT2D eigenvalue weighted by molar-refractivity contribution is 8.00. The molecule has 0 aliphatic rings. The SMILES string of the molecule is COC(=O)CCSCC(=O)c1ccc(OC)c(Cl)c1. The first-order chi connectivity index (χ1) is 9.08. The molecule has 19 heavy (non-hydrogen) atoms. The van der Waals surface area contributed by atoms with Gasteiger partial charge in [-0.3, -0.25) is 9.59 Å². The van der Waals surface area contributed by atoms with Crippen molar-refractivity contribution in [3.8, 4) is 5.75 Å². The van der Waals surface area contributed by atoms with Crippen LogP contribution >= 0.6 is 23.4 Å². The normalized spacial score (nSPS) is 10.1. The molecule has 0 unspecified atom stereocenters. The highest BCUT2D eigenvalue weighted by Crippen LogP contribution is 2.25. The minimum absolute atomic E-state index is 0.0283. The number of ketones is 1. The fourth-order valence-electron chi connectivity index (χ4n) is 1.35. The number of esters is 1. The second-order valence-corrected chi connectivity index (χ2v) is 5.16. The third-order valence-corrected chi connectivity index (χ3v) is 3.64. The van der Waals surface area contributed by atoms with Gasteiger partial charge in [-0.15, -0.1) is 0 Å². The Morgan fingerprint density at radius 1 is 1.32 bits per heavy atom. The summed E-state index contributed by atoms with van der Waals surface area (Å²) >= 11 is 7.34. The average molecular weight is 303 g/mol. The standard InChI is InChI=1S/C13H15ClO4S/c1-17-12-4-3-9(7-10(12)14)11(15)8-19-6-5-13(16)18-2/h3-4,7H,5-6,8H2,1-2H3. The van der Waals surface area contributed by atoms with Crippen molar-refractivity contribution in [2.45, 2.75) is 6.42 Å². The van der Waals surface area contributed by atoms with Crippen LogP contribution in [0.2, 0.25) is 5.02 Å². The average Bonchev–Trinajstić information content (AvgIpc) is 2.42. The van der Waals surface area contributed by atoms with Crippen LogP contribution in [0.4, 0.5) is 0 Å². The van der Waals surface area contributed by atoms with Gasteiger partial charge < -0.3 is 9.47 Å². The van der Waals surface area contributed by atoms with E-state index in [4.69, 9.17) is 16.3 Å². The van der Waals surface area contributed by atoms with Gasteiger partial charge in [0.15, 0.2) is 5.78 Å². The van der Waals surface area contributed by atoms with Crippen LogP contribution in [0.5, 0.6) is 5.75 Å². The molecule has 1 aromatic rings. The van der Waals surface area contributed by atoms with Crippen LogP contribution in [0.3, 0.4) is 0 Å². The Hall–Kier alpha value is -1.20. The van der Waals surface area contributed by atoms with Crippen molar-refractivity contribution in [3.05, 3.63) is 28.8 Å². The second kappa shape index (κ2) is 8.07. The molecule has 0 bridgehead atoms. The number of hydrogen-bond donors (Lipinski definition) is 0. The van der Waals surface area contributed by atoms with Crippen LogP contribution in [0.15, 0.2) is 18.2 Å². The molecule has 0 aliphatic heterocycles. The largest absolute Gasteiger partial charge is 0.495 e. The van der Waals surface area contributed by atoms with E-state index in [2.05, 4.69) is 4.74 Å². The molecule has 0 radical (unpaired) electrons. The summed E-state index contributed by atoms with van der Waals surface area (Å²) in [6, 6.07) is 4.92. The summed E-state index contributed by atoms with van der Waals surface area (Å²) in [6.45, 7) is 0. The molecule has 0 spiro atoms. The predicted octanol–water partition coefficient (Wildman–Crippen LogP) is 2.83. The zero-order valence-corrected chi connectivity index (χ0v) is 12.3. The molecule has 104 valence electrons. The molecular weight excluding hydrogens is 288 g/mol. The van der Waals surface area contributed by atoms with Crippen LogP contribution < -0.4 is 4.74 Å². The Bertz CT molecular complexity index is 462. The molecule has 0 aliphatic carbocycles.